The highest BCUT2D eigenvalue weighted by Gasteiger charge is 2.24. The molecule has 2 unspecified atom stereocenters. The molecule has 0 bridgehead atoms. The van der Waals surface area contributed by atoms with Crippen LogP contribution in [0.4, 0.5) is 8.78 Å². The molecule has 7 heteroatoms. The van der Waals surface area contributed by atoms with Crippen molar-refractivity contribution >= 4 is 11.9 Å². The number of carboxylic acids is 1. The zero-order chi connectivity index (χ0) is 15.1. The first-order valence-corrected chi connectivity index (χ1v) is 5.96. The van der Waals surface area contributed by atoms with Crippen LogP contribution in [0, 0.1) is 0 Å². The van der Waals surface area contributed by atoms with Crippen molar-refractivity contribution in [2.24, 2.45) is 0 Å². The molecule has 3 N–H and O–H groups in total. The fraction of sp³-hybridized carbons (Fsp3) is 0.385. The standard InChI is InChI=1S/C13H15F2NO4/c14-11(15)10(17)7-6-9(13(19)20)16-12(18)8-4-2-1-3-5-8/h1-5,9-11,17H,6-7H2,(H,16,18)(H,19,20). The Kier molecular flexibility index (Phi) is 6.05. The molecule has 5 nitrogen and oxygen atoms in total. The number of hydrogen-bond donors (Lipinski definition) is 3. The number of aliphatic carboxylic acids is 1. The Morgan fingerprint density at radius 2 is 1.75 bits per heavy atom. The lowest BCUT2D eigenvalue weighted by Gasteiger charge is -2.16. The van der Waals surface area contributed by atoms with Crippen LogP contribution in [0.1, 0.15) is 23.2 Å². The number of carbonyl (C=O) groups is 2. The third-order valence-electron chi connectivity index (χ3n) is 2.68. The zero-order valence-electron chi connectivity index (χ0n) is 10.5. The van der Waals surface area contributed by atoms with Crippen molar-refractivity contribution in [2.45, 2.75) is 31.4 Å². The molecule has 0 aromatic heterocycles. The lowest BCUT2D eigenvalue weighted by molar-refractivity contribution is -0.139. The van der Waals surface area contributed by atoms with Gasteiger partial charge in [-0.05, 0) is 25.0 Å². The van der Waals surface area contributed by atoms with Crippen LogP contribution in [-0.2, 0) is 4.79 Å². The van der Waals surface area contributed by atoms with Crippen LogP contribution in [-0.4, -0.2) is 40.7 Å². The Bertz CT molecular complexity index is 453. The highest BCUT2D eigenvalue weighted by atomic mass is 19.3. The van der Waals surface area contributed by atoms with E-state index >= 15 is 0 Å². The van der Waals surface area contributed by atoms with Crippen molar-refractivity contribution in [3.63, 3.8) is 0 Å². The number of amides is 1. The van der Waals surface area contributed by atoms with Crippen molar-refractivity contribution in [3.05, 3.63) is 35.9 Å². The van der Waals surface area contributed by atoms with Crippen LogP contribution >= 0.6 is 0 Å². The van der Waals surface area contributed by atoms with E-state index < -0.39 is 36.9 Å². The average molecular weight is 287 g/mol. The third kappa shape index (κ3) is 4.93. The number of rotatable bonds is 7. The molecule has 0 saturated heterocycles. The SMILES string of the molecule is O=C(NC(CCC(O)C(F)F)C(=O)O)c1ccccc1. The van der Waals surface area contributed by atoms with Crippen LogP contribution in [0.5, 0.6) is 0 Å². The summed E-state index contributed by atoms with van der Waals surface area (Å²) in [4.78, 5) is 22.7. The molecule has 0 heterocycles. The maximum Gasteiger partial charge on any atom is 0.326 e. The summed E-state index contributed by atoms with van der Waals surface area (Å²) in [7, 11) is 0. The molecule has 0 saturated carbocycles. The summed E-state index contributed by atoms with van der Waals surface area (Å²) in [5.74, 6) is -1.94. The summed E-state index contributed by atoms with van der Waals surface area (Å²) in [6, 6.07) is 6.61. The van der Waals surface area contributed by atoms with Gasteiger partial charge < -0.3 is 15.5 Å². The molecule has 1 aromatic carbocycles. The predicted molar refractivity (Wildman–Crippen MR) is 66.6 cm³/mol. The molecule has 0 aliphatic heterocycles. The molecule has 20 heavy (non-hydrogen) atoms. The average Bonchev–Trinajstić information content (AvgIpc) is 2.43. The van der Waals surface area contributed by atoms with Crippen LogP contribution in [0.3, 0.4) is 0 Å². The van der Waals surface area contributed by atoms with Crippen molar-refractivity contribution in [3.8, 4) is 0 Å². The Morgan fingerprint density at radius 3 is 2.25 bits per heavy atom. The van der Waals surface area contributed by atoms with Crippen molar-refractivity contribution in [1.29, 1.82) is 0 Å². The minimum absolute atomic E-state index is 0.271. The van der Waals surface area contributed by atoms with Gasteiger partial charge >= 0.3 is 5.97 Å². The molecular formula is C13H15F2NO4. The van der Waals surface area contributed by atoms with Crippen LogP contribution in [0.2, 0.25) is 0 Å². The number of benzene rings is 1. The van der Waals surface area contributed by atoms with Gasteiger partial charge in [0.2, 0.25) is 0 Å². The fourth-order valence-electron chi connectivity index (χ4n) is 1.55. The number of aliphatic hydroxyl groups excluding tert-OH is 1. The fourth-order valence-corrected chi connectivity index (χ4v) is 1.55. The lowest BCUT2D eigenvalue weighted by atomic mass is 10.1. The third-order valence-corrected chi connectivity index (χ3v) is 2.68. The first-order chi connectivity index (χ1) is 9.41. The highest BCUT2D eigenvalue weighted by molar-refractivity contribution is 5.96. The van der Waals surface area contributed by atoms with E-state index in [9.17, 15) is 18.4 Å². The summed E-state index contributed by atoms with van der Waals surface area (Å²) < 4.78 is 24.2. The maximum absolute atomic E-state index is 12.1. The van der Waals surface area contributed by atoms with Gasteiger partial charge in [0.25, 0.3) is 12.3 Å². The van der Waals surface area contributed by atoms with Crippen LogP contribution in [0.15, 0.2) is 30.3 Å². The molecule has 0 aliphatic rings. The second-order valence-corrected chi connectivity index (χ2v) is 4.21. The van der Waals surface area contributed by atoms with Crippen molar-refractivity contribution in [1.82, 2.24) is 5.32 Å². The van der Waals surface area contributed by atoms with Crippen molar-refractivity contribution < 1.29 is 28.6 Å². The van der Waals surface area contributed by atoms with Gasteiger partial charge in [0.1, 0.15) is 12.1 Å². The van der Waals surface area contributed by atoms with Gasteiger partial charge in [-0.3, -0.25) is 4.79 Å². The van der Waals surface area contributed by atoms with Crippen molar-refractivity contribution in [2.75, 3.05) is 0 Å². The van der Waals surface area contributed by atoms with Gasteiger partial charge in [-0.25, -0.2) is 13.6 Å². The molecular weight excluding hydrogens is 272 g/mol. The molecule has 1 amide bonds. The van der Waals surface area contributed by atoms with E-state index in [1.165, 1.54) is 12.1 Å². The molecule has 0 spiro atoms. The quantitative estimate of drug-likeness (QED) is 0.705. The number of hydrogen-bond acceptors (Lipinski definition) is 3. The highest BCUT2D eigenvalue weighted by Crippen LogP contribution is 2.10. The largest absolute Gasteiger partial charge is 0.480 e. The normalized spacial score (nSPS) is 13.8. The predicted octanol–water partition coefficient (Wildman–Crippen LogP) is 1.28. The van der Waals surface area contributed by atoms with E-state index in [-0.39, 0.29) is 12.0 Å². The molecule has 110 valence electrons. The topological polar surface area (TPSA) is 86.6 Å². The van der Waals surface area contributed by atoms with Gasteiger partial charge in [-0.1, -0.05) is 18.2 Å². The lowest BCUT2D eigenvalue weighted by Crippen LogP contribution is -2.41. The summed E-state index contributed by atoms with van der Waals surface area (Å²) in [5, 5.41) is 20.1. The molecule has 1 aromatic rings. The Labute approximate surface area is 114 Å². The van der Waals surface area contributed by atoms with Gasteiger partial charge in [0.15, 0.2) is 0 Å². The van der Waals surface area contributed by atoms with E-state index in [4.69, 9.17) is 10.2 Å². The van der Waals surface area contributed by atoms with Gasteiger partial charge in [-0.2, -0.15) is 0 Å². The number of aliphatic hydroxyl groups is 1. The Hall–Kier alpha value is -2.02. The van der Waals surface area contributed by atoms with E-state index in [0.717, 1.165) is 0 Å². The molecule has 0 radical (unpaired) electrons. The number of alkyl halides is 2. The van der Waals surface area contributed by atoms with E-state index in [2.05, 4.69) is 5.32 Å². The minimum Gasteiger partial charge on any atom is -0.480 e. The second-order valence-electron chi connectivity index (χ2n) is 4.21. The minimum atomic E-state index is -2.94. The Morgan fingerprint density at radius 1 is 1.15 bits per heavy atom. The van der Waals surface area contributed by atoms with Crippen LogP contribution < -0.4 is 5.32 Å². The molecule has 1 rings (SSSR count). The number of nitrogens with one attached hydrogen (secondary N) is 1. The smallest absolute Gasteiger partial charge is 0.326 e. The zero-order valence-corrected chi connectivity index (χ0v) is 10.5. The number of carbonyl (C=O) groups excluding carboxylic acids is 1. The summed E-state index contributed by atoms with van der Waals surface area (Å²) >= 11 is 0. The van der Waals surface area contributed by atoms with E-state index in [1.54, 1.807) is 18.2 Å². The van der Waals surface area contributed by atoms with Crippen LogP contribution in [0.25, 0.3) is 0 Å². The van der Waals surface area contributed by atoms with Gasteiger partial charge in [0.05, 0.1) is 0 Å². The Balaban J connectivity index is 2.59. The monoisotopic (exact) mass is 287 g/mol. The van der Waals surface area contributed by atoms with Gasteiger partial charge in [0, 0.05) is 5.56 Å². The molecule has 2 atom stereocenters. The maximum atomic E-state index is 12.1. The summed E-state index contributed by atoms with van der Waals surface area (Å²) in [6.45, 7) is 0. The first kappa shape index (κ1) is 16.0. The first-order valence-electron chi connectivity index (χ1n) is 5.96. The van der Waals surface area contributed by atoms with E-state index in [1.807, 2.05) is 0 Å². The number of carboxylic acid groups (broad SMARTS) is 1. The molecule has 0 aliphatic carbocycles. The van der Waals surface area contributed by atoms with E-state index in [0.29, 0.717) is 0 Å². The number of halogens is 2. The summed E-state index contributed by atoms with van der Waals surface area (Å²) in [6.07, 6.45) is -5.52. The van der Waals surface area contributed by atoms with Gasteiger partial charge in [-0.15, -0.1) is 0 Å². The second kappa shape index (κ2) is 7.54. The molecule has 0 fully saturated rings. The summed E-state index contributed by atoms with van der Waals surface area (Å²) in [5.41, 5.74) is 0.271.